The minimum absolute atomic E-state index is 0.186. The lowest BCUT2D eigenvalue weighted by atomic mass is 10.2. The molecule has 0 aliphatic heterocycles. The Morgan fingerprint density at radius 3 is 2.81 bits per heavy atom. The largest absolute Gasteiger partial charge is 0.323 e. The van der Waals surface area contributed by atoms with Crippen molar-refractivity contribution in [2.45, 2.75) is 38.9 Å². The minimum Gasteiger partial charge on any atom is -0.323 e. The molecule has 1 atom stereocenters. The van der Waals surface area contributed by atoms with E-state index in [-0.39, 0.29) is 12.1 Å². The zero-order valence-corrected chi connectivity index (χ0v) is 9.51. The number of aromatic nitrogens is 2. The number of hydrogen-bond acceptors (Lipinski definition) is 4. The lowest BCUT2D eigenvalue weighted by Gasteiger charge is -2.14. The maximum atomic E-state index is 8.93. The lowest BCUT2D eigenvalue weighted by molar-refractivity contribution is 0.475. The summed E-state index contributed by atoms with van der Waals surface area (Å²) in [5.74, 6) is 0.390. The summed E-state index contributed by atoms with van der Waals surface area (Å²) in [4.78, 5) is 3.90. The van der Waals surface area contributed by atoms with Crippen LogP contribution in [0.4, 0.5) is 0 Å². The maximum absolute atomic E-state index is 8.93. The molecule has 0 radical (unpaired) electrons. The molecule has 1 heterocycles. The molecular formula is C11H15N5. The molecule has 0 bridgehead atoms. The molecule has 0 aliphatic rings. The van der Waals surface area contributed by atoms with Gasteiger partial charge in [-0.25, -0.2) is 4.98 Å². The molecule has 1 rings (SSSR count). The topological polar surface area (TPSA) is 77.4 Å². The van der Waals surface area contributed by atoms with Gasteiger partial charge in [0.25, 0.3) is 0 Å². The fourth-order valence-electron chi connectivity index (χ4n) is 1.46. The van der Waals surface area contributed by atoms with Crippen LogP contribution >= 0.6 is 0 Å². The van der Waals surface area contributed by atoms with Crippen LogP contribution in [0.25, 0.3) is 0 Å². The lowest BCUT2D eigenvalue weighted by Crippen LogP contribution is -2.34. The Morgan fingerprint density at radius 1 is 1.50 bits per heavy atom. The summed E-state index contributed by atoms with van der Waals surface area (Å²) in [5, 5.41) is 20.8. The molecule has 0 amide bonds. The second kappa shape index (κ2) is 5.89. The van der Waals surface area contributed by atoms with E-state index < -0.39 is 0 Å². The van der Waals surface area contributed by atoms with E-state index in [0.717, 1.165) is 0 Å². The average molecular weight is 217 g/mol. The van der Waals surface area contributed by atoms with Crippen LogP contribution in [-0.4, -0.2) is 21.6 Å². The van der Waals surface area contributed by atoms with Gasteiger partial charge >= 0.3 is 0 Å². The van der Waals surface area contributed by atoms with E-state index in [4.69, 9.17) is 10.5 Å². The quantitative estimate of drug-likeness (QED) is 0.799. The highest BCUT2D eigenvalue weighted by molar-refractivity contribution is 5.11. The first-order valence-corrected chi connectivity index (χ1v) is 5.24. The Balaban J connectivity index is 2.51. The fraction of sp³-hybridized carbons (Fsp3) is 0.545. The van der Waals surface area contributed by atoms with Crippen molar-refractivity contribution in [1.82, 2.24) is 14.9 Å². The molecule has 0 aromatic carbocycles. The molecule has 0 saturated heterocycles. The zero-order chi connectivity index (χ0) is 12.0. The Labute approximate surface area is 95.3 Å². The van der Waals surface area contributed by atoms with Gasteiger partial charge in [0.05, 0.1) is 12.1 Å². The van der Waals surface area contributed by atoms with Gasteiger partial charge in [-0.15, -0.1) is 0 Å². The molecule has 1 N–H and O–H groups in total. The molecule has 16 heavy (non-hydrogen) atoms. The normalized spacial score (nSPS) is 12.1. The third-order valence-corrected chi connectivity index (χ3v) is 2.16. The third-order valence-electron chi connectivity index (χ3n) is 2.16. The van der Waals surface area contributed by atoms with E-state index in [1.165, 1.54) is 0 Å². The molecule has 5 heteroatoms. The number of rotatable bonds is 5. The third kappa shape index (κ3) is 3.38. The highest BCUT2D eigenvalue weighted by Crippen LogP contribution is 2.01. The number of nitrogens with one attached hydrogen (secondary N) is 1. The molecular weight excluding hydrogens is 202 g/mol. The van der Waals surface area contributed by atoms with Crippen LogP contribution in [0.1, 0.15) is 26.1 Å². The van der Waals surface area contributed by atoms with Gasteiger partial charge < -0.3 is 4.57 Å². The van der Waals surface area contributed by atoms with Crippen molar-refractivity contribution in [2.24, 2.45) is 0 Å². The highest BCUT2D eigenvalue weighted by atomic mass is 15.1. The molecule has 5 nitrogen and oxygen atoms in total. The summed E-state index contributed by atoms with van der Waals surface area (Å²) in [7, 11) is 0. The summed E-state index contributed by atoms with van der Waals surface area (Å²) in [6, 6.07) is 4.31. The molecule has 0 aliphatic carbocycles. The Morgan fingerprint density at radius 2 is 2.25 bits per heavy atom. The van der Waals surface area contributed by atoms with Crippen LogP contribution < -0.4 is 5.32 Å². The van der Waals surface area contributed by atoms with Gasteiger partial charge in [0, 0.05) is 25.0 Å². The SMILES string of the molecule is CC(C)NC(C#N)CCn1ccnc1C#N. The predicted molar refractivity (Wildman–Crippen MR) is 59.2 cm³/mol. The van der Waals surface area contributed by atoms with Gasteiger partial charge in [-0.1, -0.05) is 0 Å². The van der Waals surface area contributed by atoms with Crippen LogP contribution in [0.3, 0.4) is 0 Å². The number of aryl methyl sites for hydroxylation is 1. The number of hydrogen-bond donors (Lipinski definition) is 1. The van der Waals surface area contributed by atoms with Crippen LogP contribution in [0, 0.1) is 22.7 Å². The van der Waals surface area contributed by atoms with Crippen LogP contribution in [0.2, 0.25) is 0 Å². The summed E-state index contributed by atoms with van der Waals surface area (Å²) in [6.07, 6.45) is 4.01. The van der Waals surface area contributed by atoms with E-state index >= 15 is 0 Å². The van der Waals surface area contributed by atoms with Crippen molar-refractivity contribution in [3.63, 3.8) is 0 Å². The first-order valence-electron chi connectivity index (χ1n) is 5.24. The molecule has 84 valence electrons. The molecule has 1 aromatic heterocycles. The van der Waals surface area contributed by atoms with Crippen LogP contribution in [-0.2, 0) is 6.54 Å². The minimum atomic E-state index is -0.186. The van der Waals surface area contributed by atoms with Gasteiger partial charge in [0.15, 0.2) is 0 Å². The van der Waals surface area contributed by atoms with Crippen molar-refractivity contribution in [3.05, 3.63) is 18.2 Å². The first-order chi connectivity index (χ1) is 7.67. The summed E-state index contributed by atoms with van der Waals surface area (Å²) >= 11 is 0. The second-order valence-electron chi connectivity index (χ2n) is 3.85. The van der Waals surface area contributed by atoms with Gasteiger partial charge in [0.2, 0.25) is 5.82 Å². The van der Waals surface area contributed by atoms with Gasteiger partial charge in [-0.3, -0.25) is 5.32 Å². The van der Waals surface area contributed by atoms with E-state index in [9.17, 15) is 0 Å². The monoisotopic (exact) mass is 217 g/mol. The maximum Gasteiger partial charge on any atom is 0.212 e. The Hall–Kier alpha value is -1.85. The van der Waals surface area contributed by atoms with Crippen molar-refractivity contribution >= 4 is 0 Å². The standard InChI is InChI=1S/C11H15N5/c1-9(2)15-10(7-12)3-5-16-6-4-14-11(16)8-13/h4,6,9-10,15H,3,5H2,1-2H3. The van der Waals surface area contributed by atoms with Crippen molar-refractivity contribution < 1.29 is 0 Å². The molecule has 1 unspecified atom stereocenters. The number of imidazole rings is 1. The Kier molecular flexibility index (Phi) is 4.50. The van der Waals surface area contributed by atoms with Crippen molar-refractivity contribution in [3.8, 4) is 12.1 Å². The van der Waals surface area contributed by atoms with E-state index in [1.807, 2.05) is 19.9 Å². The van der Waals surface area contributed by atoms with Gasteiger partial charge in [-0.05, 0) is 20.3 Å². The Bertz CT molecular complexity index is 407. The van der Waals surface area contributed by atoms with E-state index in [2.05, 4.69) is 16.4 Å². The summed E-state index contributed by atoms with van der Waals surface area (Å²) < 4.78 is 1.76. The predicted octanol–water partition coefficient (Wildman–Crippen LogP) is 1.04. The summed E-state index contributed by atoms with van der Waals surface area (Å²) in [5.41, 5.74) is 0. The van der Waals surface area contributed by atoms with Gasteiger partial charge in [0.1, 0.15) is 6.07 Å². The van der Waals surface area contributed by atoms with Gasteiger partial charge in [-0.2, -0.15) is 10.5 Å². The smallest absolute Gasteiger partial charge is 0.212 e. The zero-order valence-electron chi connectivity index (χ0n) is 9.51. The van der Waals surface area contributed by atoms with Crippen LogP contribution in [0.5, 0.6) is 0 Å². The van der Waals surface area contributed by atoms with Crippen molar-refractivity contribution in [1.29, 1.82) is 10.5 Å². The summed E-state index contributed by atoms with van der Waals surface area (Å²) in [6.45, 7) is 4.63. The average Bonchev–Trinajstić information content (AvgIpc) is 2.70. The van der Waals surface area contributed by atoms with E-state index in [0.29, 0.717) is 18.8 Å². The second-order valence-corrected chi connectivity index (χ2v) is 3.85. The number of nitrogens with zero attached hydrogens (tertiary/aromatic N) is 4. The molecule has 1 aromatic rings. The van der Waals surface area contributed by atoms with Crippen LogP contribution in [0.15, 0.2) is 12.4 Å². The fourth-order valence-corrected chi connectivity index (χ4v) is 1.46. The molecule has 0 saturated carbocycles. The molecule has 0 spiro atoms. The van der Waals surface area contributed by atoms with Crippen molar-refractivity contribution in [2.75, 3.05) is 0 Å². The van der Waals surface area contributed by atoms with E-state index in [1.54, 1.807) is 17.0 Å². The first kappa shape index (κ1) is 12.2. The molecule has 0 fully saturated rings. The highest BCUT2D eigenvalue weighted by Gasteiger charge is 2.09. The number of nitriles is 2.